The number of anilines is 1. The first kappa shape index (κ1) is 15.4. The van der Waals surface area contributed by atoms with Gasteiger partial charge < -0.3 is 11.1 Å². The minimum absolute atomic E-state index is 0.00679. The van der Waals surface area contributed by atoms with Gasteiger partial charge in [-0.3, -0.25) is 9.59 Å². The predicted octanol–water partition coefficient (Wildman–Crippen LogP) is 2.59. The van der Waals surface area contributed by atoms with Crippen molar-refractivity contribution >= 4 is 17.4 Å². The number of hydrogen-bond acceptors (Lipinski definition) is 3. The summed E-state index contributed by atoms with van der Waals surface area (Å²) in [6.07, 6.45) is 2.24. The van der Waals surface area contributed by atoms with Gasteiger partial charge in [0.15, 0.2) is 5.78 Å². The molecule has 4 heteroatoms. The Balaban J connectivity index is 2.48. The standard InChI is InChI=1S/C15H22N2O2/c1-11(8-9-16)6-7-15(19)17-14-5-3-4-13(10-14)12(2)18/h3-5,10-11H,6-9,16H2,1-2H3,(H,17,19). The third-order valence-corrected chi connectivity index (χ3v) is 3.08. The third-order valence-electron chi connectivity index (χ3n) is 3.08. The van der Waals surface area contributed by atoms with E-state index in [1.165, 1.54) is 6.92 Å². The van der Waals surface area contributed by atoms with E-state index in [1.54, 1.807) is 24.3 Å². The molecule has 1 rings (SSSR count). The van der Waals surface area contributed by atoms with Gasteiger partial charge in [0, 0.05) is 17.7 Å². The first-order valence-electron chi connectivity index (χ1n) is 6.64. The molecule has 0 aliphatic carbocycles. The van der Waals surface area contributed by atoms with Crippen LogP contribution in [0.25, 0.3) is 0 Å². The van der Waals surface area contributed by atoms with Crippen LogP contribution >= 0.6 is 0 Å². The van der Waals surface area contributed by atoms with Crippen LogP contribution in [0.1, 0.15) is 43.5 Å². The molecular formula is C15H22N2O2. The quantitative estimate of drug-likeness (QED) is 0.742. The summed E-state index contributed by atoms with van der Waals surface area (Å²) in [5.41, 5.74) is 6.75. The molecule has 19 heavy (non-hydrogen) atoms. The Bertz CT molecular complexity index is 444. The van der Waals surface area contributed by atoms with E-state index >= 15 is 0 Å². The van der Waals surface area contributed by atoms with Gasteiger partial charge >= 0.3 is 0 Å². The Morgan fingerprint density at radius 1 is 1.32 bits per heavy atom. The van der Waals surface area contributed by atoms with Crippen molar-refractivity contribution in [3.63, 3.8) is 0 Å². The molecule has 0 bridgehead atoms. The number of ketones is 1. The molecule has 4 nitrogen and oxygen atoms in total. The molecular weight excluding hydrogens is 240 g/mol. The molecule has 0 aromatic heterocycles. The van der Waals surface area contributed by atoms with Crippen molar-refractivity contribution in [3.05, 3.63) is 29.8 Å². The molecule has 1 unspecified atom stereocenters. The molecule has 0 radical (unpaired) electrons. The number of nitrogens with one attached hydrogen (secondary N) is 1. The summed E-state index contributed by atoms with van der Waals surface area (Å²) in [5.74, 6) is 0.427. The normalized spacial score (nSPS) is 11.9. The lowest BCUT2D eigenvalue weighted by Gasteiger charge is -2.10. The number of Topliss-reactive ketones (excluding diaryl/α,β-unsaturated/α-hetero) is 1. The highest BCUT2D eigenvalue weighted by Gasteiger charge is 2.07. The van der Waals surface area contributed by atoms with Crippen molar-refractivity contribution in [2.45, 2.75) is 33.1 Å². The zero-order valence-electron chi connectivity index (χ0n) is 11.6. The molecule has 0 fully saturated rings. The fourth-order valence-electron chi connectivity index (χ4n) is 1.85. The molecule has 0 aliphatic rings. The molecule has 1 aromatic carbocycles. The van der Waals surface area contributed by atoms with Crippen molar-refractivity contribution < 1.29 is 9.59 Å². The molecule has 1 atom stereocenters. The number of hydrogen-bond donors (Lipinski definition) is 2. The van der Waals surface area contributed by atoms with Gasteiger partial charge in [0.05, 0.1) is 0 Å². The second kappa shape index (κ2) is 7.69. The maximum atomic E-state index is 11.8. The Labute approximate surface area is 114 Å². The smallest absolute Gasteiger partial charge is 0.224 e. The van der Waals surface area contributed by atoms with Crippen LogP contribution in [0, 0.1) is 5.92 Å². The second-order valence-corrected chi connectivity index (χ2v) is 4.91. The largest absolute Gasteiger partial charge is 0.330 e. The van der Waals surface area contributed by atoms with E-state index in [0.717, 1.165) is 12.8 Å². The van der Waals surface area contributed by atoms with E-state index in [9.17, 15) is 9.59 Å². The number of nitrogens with two attached hydrogens (primary N) is 1. The SMILES string of the molecule is CC(=O)c1cccc(NC(=O)CCC(C)CCN)c1. The first-order valence-corrected chi connectivity index (χ1v) is 6.64. The van der Waals surface area contributed by atoms with E-state index in [4.69, 9.17) is 5.73 Å². The highest BCUT2D eigenvalue weighted by atomic mass is 16.1. The van der Waals surface area contributed by atoms with Gasteiger partial charge in [0.2, 0.25) is 5.91 Å². The van der Waals surface area contributed by atoms with Crippen LogP contribution in [0.3, 0.4) is 0 Å². The van der Waals surface area contributed by atoms with Crippen molar-refractivity contribution in [2.24, 2.45) is 11.7 Å². The third kappa shape index (κ3) is 5.66. The van der Waals surface area contributed by atoms with E-state index in [2.05, 4.69) is 12.2 Å². The molecule has 0 saturated carbocycles. The van der Waals surface area contributed by atoms with Gasteiger partial charge in [0.1, 0.15) is 0 Å². The number of carbonyl (C=O) groups is 2. The van der Waals surface area contributed by atoms with Gasteiger partial charge in [-0.15, -0.1) is 0 Å². The van der Waals surface area contributed by atoms with Crippen LogP contribution in [0.2, 0.25) is 0 Å². The van der Waals surface area contributed by atoms with Gasteiger partial charge in [-0.1, -0.05) is 19.1 Å². The minimum Gasteiger partial charge on any atom is -0.330 e. The van der Waals surface area contributed by atoms with Crippen molar-refractivity contribution in [1.82, 2.24) is 0 Å². The van der Waals surface area contributed by atoms with Crippen LogP contribution < -0.4 is 11.1 Å². The number of rotatable bonds is 7. The maximum Gasteiger partial charge on any atom is 0.224 e. The molecule has 0 aliphatic heterocycles. The van der Waals surface area contributed by atoms with Gasteiger partial charge in [0.25, 0.3) is 0 Å². The maximum absolute atomic E-state index is 11.8. The lowest BCUT2D eigenvalue weighted by Crippen LogP contribution is -2.14. The molecule has 104 valence electrons. The van der Waals surface area contributed by atoms with E-state index in [-0.39, 0.29) is 11.7 Å². The number of carbonyl (C=O) groups excluding carboxylic acids is 2. The molecule has 1 amide bonds. The number of benzene rings is 1. The van der Waals surface area contributed by atoms with Crippen LogP contribution in [-0.4, -0.2) is 18.2 Å². The summed E-state index contributed by atoms with van der Waals surface area (Å²) < 4.78 is 0. The summed E-state index contributed by atoms with van der Waals surface area (Å²) in [4.78, 5) is 23.0. The van der Waals surface area contributed by atoms with Crippen LogP contribution in [0.4, 0.5) is 5.69 Å². The first-order chi connectivity index (χ1) is 9.02. The lowest BCUT2D eigenvalue weighted by molar-refractivity contribution is -0.116. The van der Waals surface area contributed by atoms with Gasteiger partial charge in [-0.2, -0.15) is 0 Å². The number of amides is 1. The van der Waals surface area contributed by atoms with Gasteiger partial charge in [-0.05, 0) is 44.4 Å². The predicted molar refractivity (Wildman–Crippen MR) is 77.1 cm³/mol. The Hall–Kier alpha value is -1.68. The van der Waals surface area contributed by atoms with E-state index < -0.39 is 0 Å². The minimum atomic E-state index is -0.0235. The Kier molecular flexibility index (Phi) is 6.22. The van der Waals surface area contributed by atoms with Gasteiger partial charge in [-0.25, -0.2) is 0 Å². The molecule has 0 saturated heterocycles. The molecule has 0 spiro atoms. The van der Waals surface area contributed by atoms with Crippen molar-refractivity contribution in [2.75, 3.05) is 11.9 Å². The summed E-state index contributed by atoms with van der Waals surface area (Å²) in [6, 6.07) is 6.99. The van der Waals surface area contributed by atoms with Crippen molar-refractivity contribution in [3.8, 4) is 0 Å². The highest BCUT2D eigenvalue weighted by molar-refractivity contribution is 5.97. The monoisotopic (exact) mass is 262 g/mol. The van der Waals surface area contributed by atoms with Crippen LogP contribution in [-0.2, 0) is 4.79 Å². The molecule has 3 N–H and O–H groups in total. The zero-order valence-corrected chi connectivity index (χ0v) is 11.6. The summed E-state index contributed by atoms with van der Waals surface area (Å²) in [6.45, 7) is 4.26. The average molecular weight is 262 g/mol. The van der Waals surface area contributed by atoms with E-state index in [0.29, 0.717) is 30.1 Å². The topological polar surface area (TPSA) is 72.2 Å². The van der Waals surface area contributed by atoms with Crippen LogP contribution in [0.15, 0.2) is 24.3 Å². The molecule has 0 heterocycles. The van der Waals surface area contributed by atoms with Crippen molar-refractivity contribution in [1.29, 1.82) is 0 Å². The summed E-state index contributed by atoms with van der Waals surface area (Å²) in [7, 11) is 0. The summed E-state index contributed by atoms with van der Waals surface area (Å²) >= 11 is 0. The Morgan fingerprint density at radius 3 is 2.68 bits per heavy atom. The van der Waals surface area contributed by atoms with Crippen LogP contribution in [0.5, 0.6) is 0 Å². The fourth-order valence-corrected chi connectivity index (χ4v) is 1.85. The highest BCUT2D eigenvalue weighted by Crippen LogP contribution is 2.13. The van der Waals surface area contributed by atoms with E-state index in [1.807, 2.05) is 0 Å². The molecule has 1 aromatic rings. The Morgan fingerprint density at radius 2 is 2.05 bits per heavy atom. The summed E-state index contributed by atoms with van der Waals surface area (Å²) in [5, 5.41) is 2.81. The fraction of sp³-hybridized carbons (Fsp3) is 0.467. The lowest BCUT2D eigenvalue weighted by atomic mass is 10.0. The zero-order chi connectivity index (χ0) is 14.3. The average Bonchev–Trinajstić information content (AvgIpc) is 2.37. The second-order valence-electron chi connectivity index (χ2n) is 4.91.